The van der Waals surface area contributed by atoms with Crippen molar-refractivity contribution in [3.05, 3.63) is 125 Å². The minimum atomic E-state index is -0.133. The monoisotopic (exact) mass is 462 g/mol. The zero-order chi connectivity index (χ0) is 25.0. The number of allylic oxidation sites excluding steroid dienone is 1. The van der Waals surface area contributed by atoms with Crippen molar-refractivity contribution in [1.29, 1.82) is 0 Å². The molecule has 0 bridgehead atoms. The number of rotatable bonds is 8. The smallest absolute Gasteiger partial charge is 0.130 e. The lowest BCUT2D eigenvalue weighted by Crippen LogP contribution is -2.18. The molecule has 0 spiro atoms. The van der Waals surface area contributed by atoms with Crippen LogP contribution in [-0.2, 0) is 11.8 Å². The summed E-state index contributed by atoms with van der Waals surface area (Å²) in [4.78, 5) is 0. The van der Waals surface area contributed by atoms with Gasteiger partial charge in [-0.1, -0.05) is 86.2 Å². The molecule has 0 saturated heterocycles. The summed E-state index contributed by atoms with van der Waals surface area (Å²) in [6.07, 6.45) is 0.775. The van der Waals surface area contributed by atoms with Crippen LogP contribution in [0.4, 0.5) is 0 Å². The average molecular weight is 463 g/mol. The predicted molar refractivity (Wildman–Crippen MR) is 147 cm³/mol. The molecule has 0 unspecified atom stereocenters. The summed E-state index contributed by atoms with van der Waals surface area (Å²) in [6, 6.07) is 31.7. The maximum atomic E-state index is 6.37. The maximum absolute atomic E-state index is 6.37. The van der Waals surface area contributed by atoms with Gasteiger partial charge in [-0.3, -0.25) is 0 Å². The van der Waals surface area contributed by atoms with Crippen molar-refractivity contribution in [2.45, 2.75) is 39.5 Å². The first-order valence-electron chi connectivity index (χ1n) is 12.0. The van der Waals surface area contributed by atoms with Gasteiger partial charge in [0.15, 0.2) is 0 Å². The molecule has 2 nitrogen and oxygen atoms in total. The quantitative estimate of drug-likeness (QED) is 0.243. The Hall–Kier alpha value is -3.78. The Morgan fingerprint density at radius 2 is 1.29 bits per heavy atom. The van der Waals surface area contributed by atoms with E-state index in [4.69, 9.17) is 9.47 Å². The molecule has 0 aliphatic rings. The van der Waals surface area contributed by atoms with Gasteiger partial charge in [0.2, 0.25) is 0 Å². The van der Waals surface area contributed by atoms with Crippen LogP contribution >= 0.6 is 0 Å². The summed E-state index contributed by atoms with van der Waals surface area (Å²) in [5.41, 5.74) is 8.22. The highest BCUT2D eigenvalue weighted by Crippen LogP contribution is 2.35. The van der Waals surface area contributed by atoms with E-state index in [1.165, 1.54) is 27.8 Å². The molecule has 0 radical (unpaired) electrons. The molecule has 178 valence electrons. The molecule has 0 atom stereocenters. The molecule has 0 aliphatic carbocycles. The van der Waals surface area contributed by atoms with Crippen molar-refractivity contribution in [3.8, 4) is 28.4 Å². The second kappa shape index (κ2) is 10.2. The summed E-state index contributed by atoms with van der Waals surface area (Å²) in [5.74, 6) is 2.56. The van der Waals surface area contributed by atoms with Gasteiger partial charge in [0.1, 0.15) is 17.2 Å². The maximum Gasteiger partial charge on any atom is 0.130 e. The van der Waals surface area contributed by atoms with E-state index in [1.807, 2.05) is 12.1 Å². The molecule has 0 heterocycles. The van der Waals surface area contributed by atoms with Crippen LogP contribution in [0.5, 0.6) is 17.2 Å². The lowest BCUT2D eigenvalue weighted by atomic mass is 9.78. The Morgan fingerprint density at radius 3 is 1.83 bits per heavy atom. The molecular weight excluding hydrogens is 428 g/mol. The zero-order valence-corrected chi connectivity index (χ0v) is 21.4. The Labute approximate surface area is 209 Å². The lowest BCUT2D eigenvalue weighted by molar-refractivity contribution is 0.414. The van der Waals surface area contributed by atoms with Crippen molar-refractivity contribution in [1.82, 2.24) is 0 Å². The topological polar surface area (TPSA) is 18.5 Å². The van der Waals surface area contributed by atoms with Gasteiger partial charge >= 0.3 is 0 Å². The molecule has 0 amide bonds. The van der Waals surface area contributed by atoms with Crippen LogP contribution in [0, 0.1) is 6.92 Å². The first kappa shape index (κ1) is 24.3. The van der Waals surface area contributed by atoms with E-state index in [9.17, 15) is 0 Å². The van der Waals surface area contributed by atoms with Gasteiger partial charge in [0.05, 0.1) is 7.11 Å². The molecule has 4 aromatic rings. The molecule has 0 aromatic heterocycles. The summed E-state index contributed by atoms with van der Waals surface area (Å²) in [6.45, 7) is 12.8. The van der Waals surface area contributed by atoms with Crippen molar-refractivity contribution in [2.24, 2.45) is 0 Å². The van der Waals surface area contributed by atoms with Gasteiger partial charge in [0, 0.05) is 5.41 Å². The first-order chi connectivity index (χ1) is 16.8. The third-order valence-corrected chi connectivity index (χ3v) is 6.55. The van der Waals surface area contributed by atoms with Crippen LogP contribution in [0.25, 0.3) is 11.1 Å². The Morgan fingerprint density at radius 1 is 0.743 bits per heavy atom. The molecule has 0 N–H and O–H groups in total. The average Bonchev–Trinajstić information content (AvgIpc) is 2.85. The van der Waals surface area contributed by atoms with Crippen LogP contribution in [0.1, 0.15) is 43.0 Å². The molecule has 0 saturated carbocycles. The number of methoxy groups -OCH3 is 1. The van der Waals surface area contributed by atoms with Crippen molar-refractivity contribution in [2.75, 3.05) is 7.11 Å². The van der Waals surface area contributed by atoms with E-state index in [2.05, 4.69) is 113 Å². The number of benzene rings is 4. The second-order valence-electron chi connectivity index (χ2n) is 9.80. The highest BCUT2D eigenvalue weighted by atomic mass is 16.5. The van der Waals surface area contributed by atoms with Gasteiger partial charge < -0.3 is 9.47 Å². The fraction of sp³-hybridized carbons (Fsp3) is 0.212. The summed E-state index contributed by atoms with van der Waals surface area (Å²) >= 11 is 0. The largest absolute Gasteiger partial charge is 0.497 e. The molecule has 2 heteroatoms. The fourth-order valence-corrected chi connectivity index (χ4v) is 4.31. The van der Waals surface area contributed by atoms with Gasteiger partial charge in [-0.15, -0.1) is 0 Å². The van der Waals surface area contributed by atoms with E-state index in [0.29, 0.717) is 0 Å². The van der Waals surface area contributed by atoms with E-state index >= 15 is 0 Å². The summed E-state index contributed by atoms with van der Waals surface area (Å²) in [5, 5.41) is 0. The summed E-state index contributed by atoms with van der Waals surface area (Å²) in [7, 11) is 1.69. The minimum absolute atomic E-state index is 0.133. The summed E-state index contributed by atoms with van der Waals surface area (Å²) < 4.78 is 11.7. The van der Waals surface area contributed by atoms with Gasteiger partial charge in [-0.25, -0.2) is 0 Å². The van der Waals surface area contributed by atoms with Crippen LogP contribution in [0.15, 0.2) is 103 Å². The standard InChI is InChI=1S/C33H34O2/c1-23(2)21-27-22-26(25-9-7-24(3)8-10-25)11-20-32(27)35-31-18-14-29(15-19-31)33(4,5)28-12-16-30(34-6)17-13-28/h7-20,22H,1,21H2,2-6H3. The molecule has 4 aromatic carbocycles. The van der Waals surface area contributed by atoms with Crippen molar-refractivity contribution >= 4 is 0 Å². The number of hydrogen-bond acceptors (Lipinski definition) is 2. The van der Waals surface area contributed by atoms with E-state index in [-0.39, 0.29) is 5.41 Å². The fourth-order valence-electron chi connectivity index (χ4n) is 4.31. The number of hydrogen-bond donors (Lipinski definition) is 0. The molecular formula is C33H34O2. The van der Waals surface area contributed by atoms with Crippen LogP contribution in [0.3, 0.4) is 0 Å². The van der Waals surface area contributed by atoms with E-state index < -0.39 is 0 Å². The third-order valence-electron chi connectivity index (χ3n) is 6.55. The Kier molecular flexibility index (Phi) is 7.12. The molecule has 4 rings (SSSR count). The van der Waals surface area contributed by atoms with Gasteiger partial charge in [0.25, 0.3) is 0 Å². The van der Waals surface area contributed by atoms with E-state index in [0.717, 1.165) is 34.8 Å². The van der Waals surface area contributed by atoms with Crippen molar-refractivity contribution in [3.63, 3.8) is 0 Å². The third kappa shape index (κ3) is 5.66. The zero-order valence-electron chi connectivity index (χ0n) is 21.4. The molecule has 0 aliphatic heterocycles. The highest BCUT2D eigenvalue weighted by molar-refractivity contribution is 5.66. The highest BCUT2D eigenvalue weighted by Gasteiger charge is 2.23. The molecule has 0 fully saturated rings. The van der Waals surface area contributed by atoms with Crippen LogP contribution in [0.2, 0.25) is 0 Å². The Bertz CT molecular complexity index is 1300. The Balaban J connectivity index is 1.58. The number of ether oxygens (including phenoxy) is 2. The normalized spacial score (nSPS) is 11.2. The van der Waals surface area contributed by atoms with Gasteiger partial charge in [-0.2, -0.15) is 0 Å². The number of aryl methyl sites for hydroxylation is 1. The first-order valence-corrected chi connectivity index (χ1v) is 12.0. The minimum Gasteiger partial charge on any atom is -0.497 e. The predicted octanol–water partition coefficient (Wildman–Crippen LogP) is 8.91. The van der Waals surface area contributed by atoms with Crippen LogP contribution in [-0.4, -0.2) is 7.11 Å². The van der Waals surface area contributed by atoms with Crippen LogP contribution < -0.4 is 9.47 Å². The lowest BCUT2D eigenvalue weighted by Gasteiger charge is -2.26. The van der Waals surface area contributed by atoms with E-state index in [1.54, 1.807) is 7.11 Å². The van der Waals surface area contributed by atoms with Crippen molar-refractivity contribution < 1.29 is 9.47 Å². The molecule has 35 heavy (non-hydrogen) atoms. The van der Waals surface area contributed by atoms with Gasteiger partial charge in [-0.05, 0) is 84.5 Å². The second-order valence-corrected chi connectivity index (χ2v) is 9.80. The SMILES string of the molecule is C=C(C)Cc1cc(-c2ccc(C)cc2)ccc1Oc1ccc(C(C)(C)c2ccc(OC)cc2)cc1.